The summed E-state index contributed by atoms with van der Waals surface area (Å²) < 4.78 is 24.5. The molecule has 2 heterocycles. The van der Waals surface area contributed by atoms with Crippen molar-refractivity contribution in [1.82, 2.24) is 14.9 Å². The fraction of sp³-hybridized carbons (Fsp3) is 0.364. The number of piperidine rings is 1. The molecule has 1 aromatic heterocycles. The van der Waals surface area contributed by atoms with Crippen LogP contribution >= 0.6 is 15.9 Å². The first-order chi connectivity index (χ1) is 20.4. The van der Waals surface area contributed by atoms with Gasteiger partial charge in [0.25, 0.3) is 23.4 Å². The number of ether oxygens (including phenoxy) is 2. The van der Waals surface area contributed by atoms with Crippen LogP contribution in [0.3, 0.4) is 0 Å². The minimum Gasteiger partial charge on any atom is -0.504 e. The van der Waals surface area contributed by atoms with Crippen molar-refractivity contribution < 1.29 is 90.5 Å². The second-order valence-corrected chi connectivity index (χ2v) is 10.4. The van der Waals surface area contributed by atoms with Crippen LogP contribution in [-0.2, 0) is 0 Å². The number of phenols is 3. The molecule has 248 valence electrons. The van der Waals surface area contributed by atoms with Crippen LogP contribution < -0.4 is 14.8 Å². The zero-order chi connectivity index (χ0) is 34.3. The van der Waals surface area contributed by atoms with E-state index >= 15 is 0 Å². The number of aromatic hydroxyl groups is 3. The number of fused-ring (bicyclic) bond motifs is 1. The van der Waals surface area contributed by atoms with Crippen LogP contribution in [0.15, 0.2) is 22.9 Å². The Morgan fingerprint density at radius 3 is 1.93 bits per heavy atom. The van der Waals surface area contributed by atoms with Crippen LogP contribution in [0.1, 0.15) is 0 Å². The van der Waals surface area contributed by atoms with Gasteiger partial charge in [-0.05, 0) is 22.0 Å². The van der Waals surface area contributed by atoms with Crippen LogP contribution in [0, 0.1) is 5.82 Å². The van der Waals surface area contributed by atoms with Gasteiger partial charge < -0.3 is 91.4 Å². The van der Waals surface area contributed by atoms with Crippen LogP contribution in [0.2, 0.25) is 0 Å². The first kappa shape index (κ1) is 34.3. The Hall–Kier alpha value is -3.53. The zero-order valence-electron chi connectivity index (χ0n) is 22.1. The van der Waals surface area contributed by atoms with Crippen molar-refractivity contribution in [1.29, 1.82) is 0 Å². The van der Waals surface area contributed by atoms with Crippen molar-refractivity contribution >= 4 is 38.3 Å². The average molecular weight is 715 g/mol. The first-order valence-electron chi connectivity index (χ1n) is 11.7. The largest absolute Gasteiger partial charge is 0.504 e. The summed E-state index contributed by atoms with van der Waals surface area (Å²) in [5.74, 6) is -25.3. The number of likely N-dealkylation sites (tertiary alicyclic amines) is 1. The molecule has 1 aliphatic heterocycles. The van der Waals surface area contributed by atoms with E-state index in [0.717, 1.165) is 25.6 Å². The molecule has 0 bridgehead atoms. The molecule has 0 radical (unpaired) electrons. The number of phenolic OH excluding ortho intramolecular Hbond substituents is 3. The Balaban J connectivity index is 1.78. The number of nitrogens with zero attached hydrogens (tertiary/aromatic N) is 3. The van der Waals surface area contributed by atoms with Crippen molar-refractivity contribution in [3.63, 3.8) is 0 Å². The molecule has 0 atom stereocenters. The molecule has 0 saturated carbocycles. The van der Waals surface area contributed by atoms with Gasteiger partial charge in [-0.3, -0.25) is 0 Å². The monoisotopic (exact) mass is 714 g/mol. The highest BCUT2D eigenvalue weighted by Crippen LogP contribution is 2.52. The van der Waals surface area contributed by atoms with Gasteiger partial charge in [0.1, 0.15) is 28.9 Å². The van der Waals surface area contributed by atoms with E-state index in [4.69, 9.17) is 9.47 Å². The molecule has 0 amide bonds. The van der Waals surface area contributed by atoms with Crippen LogP contribution in [0.25, 0.3) is 10.9 Å². The molecule has 0 spiro atoms. The Morgan fingerprint density at radius 2 is 1.42 bits per heavy atom. The summed E-state index contributed by atoms with van der Waals surface area (Å²) >= 11 is 2.70. The van der Waals surface area contributed by atoms with E-state index in [9.17, 15) is 81.0 Å². The van der Waals surface area contributed by atoms with E-state index in [1.807, 2.05) is 0 Å². The quantitative estimate of drug-likeness (QED) is 0.0619. The van der Waals surface area contributed by atoms with Gasteiger partial charge >= 0.3 is 6.10 Å². The third kappa shape index (κ3) is 4.73. The molecular formula is C22H24BrFN4O17. The topological polar surface area (TPSA) is 363 Å². The minimum atomic E-state index is -4.92. The standard InChI is InChI=1S/C22H24BrFN4O17/c1-44-8-2-6-7(25-5-26-16(6)27-12-11(24)13(29)10(23)14(30)15(12)31)3-9(8)45-4-17(32)18(33,34)20(37,38)28(22(41,42)43)21(39,40)19(17,35)36/h2-3,5,29-43H,4H2,1H3,(H,25,26,27). The molecule has 45 heavy (non-hydrogen) atoms. The molecule has 1 saturated heterocycles. The third-order valence-electron chi connectivity index (χ3n) is 6.92. The van der Waals surface area contributed by atoms with Gasteiger partial charge in [-0.15, -0.1) is 4.90 Å². The van der Waals surface area contributed by atoms with Crippen LogP contribution in [-0.4, -0.2) is 140 Å². The van der Waals surface area contributed by atoms with Gasteiger partial charge in [-0.1, -0.05) is 0 Å². The number of benzene rings is 2. The number of halogens is 2. The predicted octanol–water partition coefficient (Wildman–Crippen LogP) is -4.95. The normalized spacial score (nSPS) is 20.2. The zero-order valence-corrected chi connectivity index (χ0v) is 23.6. The lowest BCUT2D eigenvalue weighted by Gasteiger charge is -2.63. The lowest BCUT2D eigenvalue weighted by molar-refractivity contribution is -0.644. The van der Waals surface area contributed by atoms with Gasteiger partial charge in [-0.2, -0.15) is 0 Å². The van der Waals surface area contributed by atoms with Gasteiger partial charge in [0.15, 0.2) is 34.6 Å². The molecule has 21 nitrogen and oxygen atoms in total. The molecule has 3 aromatic rings. The summed E-state index contributed by atoms with van der Waals surface area (Å²) in [6.45, 7) is -1.93. The van der Waals surface area contributed by atoms with Crippen molar-refractivity contribution in [2.75, 3.05) is 19.0 Å². The fourth-order valence-electron chi connectivity index (χ4n) is 4.45. The second-order valence-electron chi connectivity index (χ2n) is 9.62. The maximum atomic E-state index is 14.7. The van der Waals surface area contributed by atoms with Crippen molar-refractivity contribution in [3.05, 3.63) is 28.7 Å². The molecule has 0 unspecified atom stereocenters. The van der Waals surface area contributed by atoms with Crippen molar-refractivity contribution in [3.8, 4) is 28.7 Å². The van der Waals surface area contributed by atoms with Gasteiger partial charge in [0.2, 0.25) is 5.60 Å². The van der Waals surface area contributed by atoms with Crippen LogP contribution in [0.5, 0.6) is 28.7 Å². The number of aliphatic hydroxyl groups is 12. The van der Waals surface area contributed by atoms with E-state index < -0.39 is 91.3 Å². The van der Waals surface area contributed by atoms with Gasteiger partial charge in [0, 0.05) is 11.5 Å². The molecule has 23 heteroatoms. The van der Waals surface area contributed by atoms with Crippen LogP contribution in [0.4, 0.5) is 15.9 Å². The number of rotatable bonds is 7. The van der Waals surface area contributed by atoms with Gasteiger partial charge in [-0.25, -0.2) is 14.4 Å². The number of aromatic nitrogens is 2. The van der Waals surface area contributed by atoms with E-state index in [-0.39, 0.29) is 16.7 Å². The molecule has 1 aliphatic rings. The predicted molar refractivity (Wildman–Crippen MR) is 139 cm³/mol. The first-order valence-corrected chi connectivity index (χ1v) is 12.5. The number of anilines is 2. The molecule has 16 N–H and O–H groups in total. The highest BCUT2D eigenvalue weighted by Gasteiger charge is 2.87. The highest BCUT2D eigenvalue weighted by atomic mass is 79.9. The molecule has 4 rings (SSSR count). The lowest BCUT2D eigenvalue weighted by Crippen LogP contribution is -2.96. The summed E-state index contributed by atoms with van der Waals surface area (Å²) in [5.41, 5.74) is -5.43. The summed E-state index contributed by atoms with van der Waals surface area (Å²) in [5, 5.41) is 154. The number of nitrogens with one attached hydrogen (secondary N) is 1. The number of hydrogen-bond acceptors (Lipinski definition) is 21. The van der Waals surface area contributed by atoms with Crippen molar-refractivity contribution in [2.45, 2.75) is 35.1 Å². The third-order valence-corrected chi connectivity index (χ3v) is 7.67. The average Bonchev–Trinajstić information content (AvgIpc) is 2.93. The Morgan fingerprint density at radius 1 is 0.867 bits per heavy atom. The smallest absolute Gasteiger partial charge is 0.354 e. The Kier molecular flexibility index (Phi) is 8.02. The van der Waals surface area contributed by atoms with E-state index in [2.05, 4.69) is 31.2 Å². The summed E-state index contributed by atoms with van der Waals surface area (Å²) in [6, 6.07) is 1.99. The lowest BCUT2D eigenvalue weighted by atomic mass is 9.75. The number of methoxy groups -OCH3 is 1. The number of hydrogen-bond donors (Lipinski definition) is 16. The van der Waals surface area contributed by atoms with E-state index in [1.54, 1.807) is 0 Å². The van der Waals surface area contributed by atoms with E-state index in [0.29, 0.717) is 0 Å². The fourth-order valence-corrected chi connectivity index (χ4v) is 4.81. The molecule has 1 fully saturated rings. The summed E-state index contributed by atoms with van der Waals surface area (Å²) in [6.07, 6.45) is -3.96. The molecule has 2 aromatic carbocycles. The van der Waals surface area contributed by atoms with Crippen molar-refractivity contribution in [2.24, 2.45) is 0 Å². The Bertz CT molecular complexity index is 1610. The summed E-state index contributed by atoms with van der Waals surface area (Å²) in [7, 11) is 1.03. The highest BCUT2D eigenvalue weighted by molar-refractivity contribution is 9.10. The molecular weight excluding hydrogens is 691 g/mol. The SMILES string of the molecule is COc1cc2c(Nc3c(O)c(O)c(Br)c(O)c3F)ncnc2cc1OCC1(O)C(O)(O)C(O)(O)N(C(O)(O)O)C(O)(O)C1(O)O. The second kappa shape index (κ2) is 10.5. The van der Waals surface area contributed by atoms with Gasteiger partial charge in [0.05, 0.1) is 12.6 Å². The maximum absolute atomic E-state index is 14.7. The van der Waals surface area contributed by atoms with E-state index in [1.165, 1.54) is 0 Å². The summed E-state index contributed by atoms with van der Waals surface area (Å²) in [4.78, 5) is 6.18. The maximum Gasteiger partial charge on any atom is 0.354 e. The Labute approximate surface area is 255 Å². The minimum absolute atomic E-state index is 0.0635. The molecule has 0 aliphatic carbocycles.